The number of hydrogen-bond donors (Lipinski definition) is 2. The fourth-order valence-electron chi connectivity index (χ4n) is 2.77. The lowest BCUT2D eigenvalue weighted by atomic mass is 10.1. The summed E-state index contributed by atoms with van der Waals surface area (Å²) in [6.07, 6.45) is 0. The maximum atomic E-state index is 10.6. The molecule has 0 saturated carbocycles. The number of carbonyl (C=O) groups is 1. The van der Waals surface area contributed by atoms with E-state index < -0.39 is 0 Å². The van der Waals surface area contributed by atoms with Crippen LogP contribution in [0.25, 0.3) is 10.8 Å². The molecule has 4 aromatic rings. The minimum absolute atomic E-state index is 0.0314. The predicted molar refractivity (Wildman–Crippen MR) is 116 cm³/mol. The van der Waals surface area contributed by atoms with E-state index >= 15 is 0 Å². The van der Waals surface area contributed by atoms with Crippen LogP contribution < -0.4 is 10.1 Å². The molecule has 0 bridgehead atoms. The monoisotopic (exact) mass is 454 g/mol. The van der Waals surface area contributed by atoms with Gasteiger partial charge in [0.15, 0.2) is 11.5 Å². The molecule has 3 aromatic carbocycles. The molecule has 1 aromatic heterocycles. The highest BCUT2D eigenvalue weighted by Crippen LogP contribution is 2.37. The summed E-state index contributed by atoms with van der Waals surface area (Å²) in [5, 5.41) is 23.0. The molecule has 4 rings (SSSR count). The highest BCUT2D eigenvalue weighted by Gasteiger charge is 2.09. The van der Waals surface area contributed by atoms with Gasteiger partial charge in [-0.25, -0.2) is 0 Å². The van der Waals surface area contributed by atoms with Crippen molar-refractivity contribution in [3.05, 3.63) is 65.2 Å². The van der Waals surface area contributed by atoms with Crippen LogP contribution in [0.2, 0.25) is 10.6 Å². The number of fused-ring (bicyclic) bond motifs is 1. The molecule has 2 N–H and O–H groups in total. The van der Waals surface area contributed by atoms with E-state index in [9.17, 15) is 9.90 Å². The van der Waals surface area contributed by atoms with E-state index in [4.69, 9.17) is 27.9 Å². The van der Waals surface area contributed by atoms with Gasteiger partial charge in [0.05, 0.1) is 0 Å². The van der Waals surface area contributed by atoms with Crippen LogP contribution in [0, 0.1) is 0 Å². The lowest BCUT2D eigenvalue weighted by molar-refractivity contribution is -0.120. The number of nitrogens with one attached hydrogen (secondary N) is 1. The molecule has 0 unspecified atom stereocenters. The van der Waals surface area contributed by atoms with Crippen LogP contribution >= 0.6 is 23.2 Å². The molecule has 0 saturated heterocycles. The van der Waals surface area contributed by atoms with E-state index in [0.717, 1.165) is 5.39 Å². The largest absolute Gasteiger partial charge is 0.505 e. The number of hydrogen-bond acceptors (Lipinski definition) is 9. The molecule has 0 aliphatic carbocycles. The Morgan fingerprint density at radius 1 is 0.935 bits per heavy atom. The number of benzene rings is 3. The van der Waals surface area contributed by atoms with Gasteiger partial charge in [-0.3, -0.25) is 4.79 Å². The number of carbonyl (C=O) groups excluding carboxylic acids is 1. The number of phenols is 1. The van der Waals surface area contributed by atoms with Crippen molar-refractivity contribution in [3.8, 4) is 11.5 Å². The molecule has 0 fully saturated rings. The molecule has 0 atom stereocenters. The van der Waals surface area contributed by atoms with Gasteiger partial charge in [0.1, 0.15) is 11.4 Å². The van der Waals surface area contributed by atoms with E-state index in [1.807, 2.05) is 0 Å². The molecule has 154 valence electrons. The molecule has 0 radical (unpaired) electrons. The summed E-state index contributed by atoms with van der Waals surface area (Å²) in [6.45, 7) is 0.312. The van der Waals surface area contributed by atoms with Crippen LogP contribution in [-0.2, 0) is 4.79 Å². The predicted octanol–water partition coefficient (Wildman–Crippen LogP) is 5.73. The molecule has 9 nitrogen and oxygen atoms in total. The fourth-order valence-corrected chi connectivity index (χ4v) is 3.13. The third kappa shape index (κ3) is 4.68. The Kier molecular flexibility index (Phi) is 5.87. The van der Waals surface area contributed by atoms with E-state index in [-0.39, 0.29) is 33.7 Å². The first-order valence-electron chi connectivity index (χ1n) is 8.74. The summed E-state index contributed by atoms with van der Waals surface area (Å²) in [6, 6.07) is 15.3. The van der Waals surface area contributed by atoms with Crippen molar-refractivity contribution in [3.63, 3.8) is 0 Å². The molecule has 31 heavy (non-hydrogen) atoms. The Balaban J connectivity index is 1.62. The van der Waals surface area contributed by atoms with Gasteiger partial charge in [-0.05, 0) is 65.0 Å². The minimum Gasteiger partial charge on any atom is -0.505 e. The maximum absolute atomic E-state index is 10.6. The number of azo groups is 1. The van der Waals surface area contributed by atoms with Crippen LogP contribution in [0.3, 0.4) is 0 Å². The number of aromatic nitrogens is 3. The van der Waals surface area contributed by atoms with Crippen molar-refractivity contribution in [1.82, 2.24) is 15.0 Å². The Bertz CT molecular complexity index is 1300. The highest BCUT2D eigenvalue weighted by molar-refractivity contribution is 6.31. The Labute approximate surface area is 185 Å². The van der Waals surface area contributed by atoms with Gasteiger partial charge in [0.2, 0.25) is 16.5 Å². The zero-order valence-electron chi connectivity index (χ0n) is 15.5. The molecule has 0 spiro atoms. The number of aromatic hydroxyl groups is 1. The smallest absolute Gasteiger partial charge is 0.298 e. The third-order valence-corrected chi connectivity index (χ3v) is 4.45. The van der Waals surface area contributed by atoms with Gasteiger partial charge >= 0.3 is 0 Å². The number of ether oxygens (including phenoxy) is 1. The highest BCUT2D eigenvalue weighted by atomic mass is 35.5. The first-order valence-corrected chi connectivity index (χ1v) is 9.50. The Morgan fingerprint density at radius 3 is 2.45 bits per heavy atom. The van der Waals surface area contributed by atoms with Gasteiger partial charge in [-0.2, -0.15) is 15.0 Å². The van der Waals surface area contributed by atoms with Crippen LogP contribution in [-0.4, -0.2) is 26.5 Å². The van der Waals surface area contributed by atoms with Crippen molar-refractivity contribution in [2.45, 2.75) is 0 Å². The Hall–Kier alpha value is -3.82. The zero-order valence-corrected chi connectivity index (χ0v) is 17.0. The zero-order chi connectivity index (χ0) is 21.8. The number of nitrogens with zero attached hydrogens (tertiary/aromatic N) is 5. The van der Waals surface area contributed by atoms with Gasteiger partial charge in [-0.1, -0.05) is 18.2 Å². The minimum atomic E-state index is -0.0483. The summed E-state index contributed by atoms with van der Waals surface area (Å²) < 4.78 is 4.87. The van der Waals surface area contributed by atoms with Crippen molar-refractivity contribution < 1.29 is 14.6 Å². The molecule has 0 amide bonds. The van der Waals surface area contributed by atoms with E-state index in [0.29, 0.717) is 23.2 Å². The van der Waals surface area contributed by atoms with Crippen molar-refractivity contribution in [2.24, 2.45) is 10.2 Å². The van der Waals surface area contributed by atoms with Crippen molar-refractivity contribution >= 4 is 63.5 Å². The first kappa shape index (κ1) is 20.5. The topological polar surface area (TPSA) is 122 Å². The second-order valence-corrected chi connectivity index (χ2v) is 6.75. The lowest BCUT2D eigenvalue weighted by Crippen LogP contribution is -1.99. The van der Waals surface area contributed by atoms with E-state index in [1.165, 1.54) is 0 Å². The third-order valence-electron chi connectivity index (χ3n) is 4.11. The lowest BCUT2D eigenvalue weighted by Gasteiger charge is -2.08. The standard InChI is InChI=1S/C20H12Cl2N6O3/c21-18-24-19(22)26-20(25-18)23-12-6-7-13-11(9-12)5-8-15(17(13)30)28-27-14-3-1-2-4-16(14)31-10-29/h1-10,30H,(H,23,24,25,26)/b28-27+. The van der Waals surface area contributed by atoms with E-state index in [2.05, 4.69) is 30.5 Å². The molecular weight excluding hydrogens is 443 g/mol. The SMILES string of the molecule is O=COc1ccccc1/N=N/c1ccc2cc(Nc3nc(Cl)nc(Cl)n3)ccc2c1O. The van der Waals surface area contributed by atoms with Crippen LogP contribution in [0.4, 0.5) is 23.0 Å². The fraction of sp³-hybridized carbons (Fsp3) is 0. The van der Waals surface area contributed by atoms with Gasteiger partial charge < -0.3 is 15.2 Å². The summed E-state index contributed by atoms with van der Waals surface area (Å²) in [5.41, 5.74) is 1.26. The number of phenolic OH excluding ortho intramolecular Hbond substituents is 1. The van der Waals surface area contributed by atoms with E-state index in [1.54, 1.807) is 54.6 Å². The van der Waals surface area contributed by atoms with Gasteiger partial charge in [0, 0.05) is 11.1 Å². The quantitative estimate of drug-likeness (QED) is 0.281. The number of rotatable bonds is 6. The maximum Gasteiger partial charge on any atom is 0.298 e. The summed E-state index contributed by atoms with van der Waals surface area (Å²) in [5.74, 6) is 0.402. The first-order chi connectivity index (χ1) is 15.0. The van der Waals surface area contributed by atoms with Crippen LogP contribution in [0.1, 0.15) is 0 Å². The van der Waals surface area contributed by atoms with Gasteiger partial charge in [0.25, 0.3) is 6.47 Å². The average Bonchev–Trinajstić information content (AvgIpc) is 2.74. The summed E-state index contributed by atoms with van der Waals surface area (Å²) in [4.78, 5) is 22.2. The van der Waals surface area contributed by atoms with Gasteiger partial charge in [-0.15, -0.1) is 10.2 Å². The number of para-hydroxylation sites is 1. The Morgan fingerprint density at radius 2 is 1.68 bits per heavy atom. The summed E-state index contributed by atoms with van der Waals surface area (Å²) in [7, 11) is 0. The molecule has 11 heteroatoms. The molecule has 1 heterocycles. The molecular formula is C20H12Cl2N6O3. The number of anilines is 2. The van der Waals surface area contributed by atoms with Crippen LogP contribution in [0.15, 0.2) is 64.8 Å². The second kappa shape index (κ2) is 8.90. The number of halogens is 2. The second-order valence-electron chi connectivity index (χ2n) is 6.07. The van der Waals surface area contributed by atoms with Crippen LogP contribution in [0.5, 0.6) is 11.5 Å². The van der Waals surface area contributed by atoms with Crippen molar-refractivity contribution in [1.29, 1.82) is 0 Å². The van der Waals surface area contributed by atoms with Crippen molar-refractivity contribution in [2.75, 3.05) is 5.32 Å². The average molecular weight is 455 g/mol. The normalized spacial score (nSPS) is 11.0. The summed E-state index contributed by atoms with van der Waals surface area (Å²) >= 11 is 11.6. The molecule has 0 aliphatic rings. The molecule has 0 aliphatic heterocycles.